The van der Waals surface area contributed by atoms with Gasteiger partial charge in [0.25, 0.3) is 0 Å². The van der Waals surface area contributed by atoms with Gasteiger partial charge in [0.1, 0.15) is 6.10 Å². The number of benzene rings is 1. The van der Waals surface area contributed by atoms with Crippen LogP contribution in [0, 0.1) is 23.2 Å². The van der Waals surface area contributed by atoms with Crippen LogP contribution in [-0.4, -0.2) is 54.6 Å². The minimum Gasteiger partial charge on any atom is -0.462 e. The number of nitrogens with zero attached hydrogens (tertiary/aromatic N) is 2. The van der Waals surface area contributed by atoms with Crippen LogP contribution in [0.15, 0.2) is 42.5 Å². The van der Waals surface area contributed by atoms with Gasteiger partial charge in [0.15, 0.2) is 0 Å². The van der Waals surface area contributed by atoms with Gasteiger partial charge in [0, 0.05) is 45.2 Å². The molecule has 0 aromatic heterocycles. The largest absolute Gasteiger partial charge is 0.462 e. The Morgan fingerprint density at radius 1 is 1.13 bits per heavy atom. The first-order chi connectivity index (χ1) is 14.5. The maximum absolute atomic E-state index is 12.8. The highest BCUT2D eigenvalue weighted by atomic mass is 16.6. The molecule has 5 atom stereocenters. The lowest BCUT2D eigenvalue weighted by molar-refractivity contribution is -0.146. The van der Waals surface area contributed by atoms with Crippen molar-refractivity contribution in [3.8, 4) is 0 Å². The van der Waals surface area contributed by atoms with Crippen molar-refractivity contribution in [3.05, 3.63) is 48.0 Å². The highest BCUT2D eigenvalue weighted by molar-refractivity contribution is 5.75. The van der Waals surface area contributed by atoms with Crippen molar-refractivity contribution >= 4 is 5.97 Å². The van der Waals surface area contributed by atoms with E-state index in [0.717, 1.165) is 52.1 Å². The van der Waals surface area contributed by atoms with Crippen LogP contribution in [-0.2, 0) is 16.1 Å². The molecular formula is C26H36N2O2. The molecule has 4 heteroatoms. The minimum absolute atomic E-state index is 0.0509. The van der Waals surface area contributed by atoms with Crippen molar-refractivity contribution in [2.24, 2.45) is 23.2 Å². The first kappa shape index (κ1) is 20.3. The Morgan fingerprint density at radius 3 is 2.63 bits per heavy atom. The SMILES string of the molecule is C=C1CCC[C@]2(C)C[C@H]3OC(=O)[C@@H](CN4CCN(Cc5ccccc5)CC4)[C@H]3C[C@H]12. The zero-order chi connectivity index (χ0) is 20.7. The van der Waals surface area contributed by atoms with Crippen LogP contribution in [0.3, 0.4) is 0 Å². The van der Waals surface area contributed by atoms with Crippen molar-refractivity contribution < 1.29 is 9.53 Å². The summed E-state index contributed by atoms with van der Waals surface area (Å²) in [6.07, 6.45) is 5.94. The lowest BCUT2D eigenvalue weighted by Crippen LogP contribution is -2.49. The molecule has 4 aliphatic rings. The van der Waals surface area contributed by atoms with E-state index in [-0.39, 0.29) is 23.4 Å². The molecule has 4 fully saturated rings. The Hall–Kier alpha value is -1.65. The molecule has 5 rings (SSSR count). The first-order valence-electron chi connectivity index (χ1n) is 11.9. The van der Waals surface area contributed by atoms with Crippen LogP contribution in [0.1, 0.15) is 44.6 Å². The summed E-state index contributed by atoms with van der Waals surface area (Å²) < 4.78 is 5.96. The maximum Gasteiger partial charge on any atom is 0.310 e. The summed E-state index contributed by atoms with van der Waals surface area (Å²) in [5.74, 6) is 1.07. The van der Waals surface area contributed by atoms with E-state index >= 15 is 0 Å². The molecule has 2 aliphatic carbocycles. The second-order valence-corrected chi connectivity index (χ2v) is 10.5. The third-order valence-corrected chi connectivity index (χ3v) is 8.49. The summed E-state index contributed by atoms with van der Waals surface area (Å²) >= 11 is 0. The Bertz CT molecular complexity index is 785. The fourth-order valence-corrected chi connectivity index (χ4v) is 6.71. The van der Waals surface area contributed by atoms with Crippen LogP contribution in [0.5, 0.6) is 0 Å². The molecule has 1 aromatic rings. The van der Waals surface area contributed by atoms with E-state index < -0.39 is 0 Å². The van der Waals surface area contributed by atoms with Gasteiger partial charge in [0.05, 0.1) is 5.92 Å². The number of hydrogen-bond acceptors (Lipinski definition) is 4. The summed E-state index contributed by atoms with van der Waals surface area (Å²) in [6, 6.07) is 10.7. The smallest absolute Gasteiger partial charge is 0.310 e. The summed E-state index contributed by atoms with van der Waals surface area (Å²) in [5.41, 5.74) is 3.09. The van der Waals surface area contributed by atoms with Crippen molar-refractivity contribution in [3.63, 3.8) is 0 Å². The fourth-order valence-electron chi connectivity index (χ4n) is 6.71. The van der Waals surface area contributed by atoms with E-state index in [9.17, 15) is 4.79 Å². The highest BCUT2D eigenvalue weighted by Crippen LogP contribution is 2.56. The molecule has 0 unspecified atom stereocenters. The average molecular weight is 409 g/mol. The van der Waals surface area contributed by atoms with Gasteiger partial charge in [-0.2, -0.15) is 0 Å². The van der Waals surface area contributed by atoms with Crippen LogP contribution in [0.25, 0.3) is 0 Å². The van der Waals surface area contributed by atoms with Gasteiger partial charge < -0.3 is 4.74 Å². The van der Waals surface area contributed by atoms with Crippen molar-refractivity contribution in [1.29, 1.82) is 0 Å². The molecule has 0 spiro atoms. The summed E-state index contributed by atoms with van der Waals surface area (Å²) in [7, 11) is 0. The number of carbonyl (C=O) groups excluding carboxylic acids is 1. The van der Waals surface area contributed by atoms with Gasteiger partial charge in [-0.15, -0.1) is 0 Å². The van der Waals surface area contributed by atoms with E-state index in [1.54, 1.807) is 0 Å². The molecule has 1 aromatic carbocycles. The maximum atomic E-state index is 12.8. The molecule has 2 aliphatic heterocycles. The quantitative estimate of drug-likeness (QED) is 0.554. The number of hydrogen-bond donors (Lipinski definition) is 0. The number of allylic oxidation sites excluding steroid dienone is 1. The normalized spacial score (nSPS) is 37.5. The van der Waals surface area contributed by atoms with Crippen LogP contribution in [0.2, 0.25) is 0 Å². The molecule has 30 heavy (non-hydrogen) atoms. The van der Waals surface area contributed by atoms with Crippen molar-refractivity contribution in [1.82, 2.24) is 9.80 Å². The van der Waals surface area contributed by atoms with Crippen LogP contribution < -0.4 is 0 Å². The molecule has 0 radical (unpaired) electrons. The Kier molecular flexibility index (Phi) is 5.49. The molecule has 2 saturated carbocycles. The fraction of sp³-hybridized carbons (Fsp3) is 0.654. The predicted octanol–water partition coefficient (Wildman–Crippen LogP) is 4.12. The van der Waals surface area contributed by atoms with E-state index in [1.165, 1.54) is 30.4 Å². The summed E-state index contributed by atoms with van der Waals surface area (Å²) in [5, 5.41) is 0. The summed E-state index contributed by atoms with van der Waals surface area (Å²) in [4.78, 5) is 17.9. The Morgan fingerprint density at radius 2 is 1.87 bits per heavy atom. The van der Waals surface area contributed by atoms with E-state index in [0.29, 0.717) is 11.8 Å². The van der Waals surface area contributed by atoms with Gasteiger partial charge >= 0.3 is 5.97 Å². The zero-order valence-electron chi connectivity index (χ0n) is 18.4. The number of esters is 1. The number of ether oxygens (including phenoxy) is 1. The topological polar surface area (TPSA) is 32.8 Å². The third kappa shape index (κ3) is 3.85. The molecule has 0 bridgehead atoms. The van der Waals surface area contributed by atoms with Crippen molar-refractivity contribution in [2.45, 2.75) is 51.7 Å². The third-order valence-electron chi connectivity index (χ3n) is 8.49. The lowest BCUT2D eigenvalue weighted by Gasteiger charge is -2.50. The second-order valence-electron chi connectivity index (χ2n) is 10.5. The van der Waals surface area contributed by atoms with E-state index in [4.69, 9.17) is 4.74 Å². The molecule has 162 valence electrons. The summed E-state index contributed by atoms with van der Waals surface area (Å²) in [6.45, 7) is 12.9. The zero-order valence-corrected chi connectivity index (χ0v) is 18.4. The van der Waals surface area contributed by atoms with Gasteiger partial charge in [-0.25, -0.2) is 0 Å². The molecular weight excluding hydrogens is 372 g/mol. The standard InChI is InChI=1S/C26H36N2O2/c1-19-7-6-10-26(2)16-24-21(15-23(19)26)22(25(29)30-24)18-28-13-11-27(12-14-28)17-20-8-4-3-5-9-20/h3-5,8-9,21-24H,1,6-7,10-18H2,2H3/t21-,22+,23-,24-,26-/m1/s1. The van der Waals surface area contributed by atoms with Crippen molar-refractivity contribution in [2.75, 3.05) is 32.7 Å². The number of piperazine rings is 1. The number of fused-ring (bicyclic) bond motifs is 2. The molecule has 2 heterocycles. The predicted molar refractivity (Wildman–Crippen MR) is 119 cm³/mol. The second kappa shape index (κ2) is 8.12. The number of rotatable bonds is 4. The monoisotopic (exact) mass is 408 g/mol. The van der Waals surface area contributed by atoms with E-state index in [1.807, 2.05) is 0 Å². The van der Waals surface area contributed by atoms with Gasteiger partial charge in [-0.05, 0) is 49.0 Å². The van der Waals surface area contributed by atoms with Gasteiger partial charge in [-0.1, -0.05) is 49.4 Å². The average Bonchev–Trinajstić information content (AvgIpc) is 3.02. The van der Waals surface area contributed by atoms with Crippen LogP contribution >= 0.6 is 0 Å². The first-order valence-corrected chi connectivity index (χ1v) is 11.9. The van der Waals surface area contributed by atoms with Gasteiger partial charge in [0.2, 0.25) is 0 Å². The molecule has 2 saturated heterocycles. The highest BCUT2D eigenvalue weighted by Gasteiger charge is 2.55. The Labute approximate surface area is 181 Å². The lowest BCUT2D eigenvalue weighted by atomic mass is 9.55. The van der Waals surface area contributed by atoms with Crippen LogP contribution in [0.4, 0.5) is 0 Å². The number of carbonyl (C=O) groups is 1. The minimum atomic E-state index is 0.0509. The molecule has 0 amide bonds. The molecule has 4 nitrogen and oxygen atoms in total. The molecule has 0 N–H and O–H groups in total. The van der Waals surface area contributed by atoms with Gasteiger partial charge in [-0.3, -0.25) is 14.6 Å². The van der Waals surface area contributed by atoms with E-state index in [2.05, 4.69) is 53.6 Å². The Balaban J connectivity index is 1.19.